The minimum absolute atomic E-state index is 0.0290. The summed E-state index contributed by atoms with van der Waals surface area (Å²) in [5, 5.41) is 0. The summed E-state index contributed by atoms with van der Waals surface area (Å²) in [6, 6.07) is 5.60. The predicted octanol–water partition coefficient (Wildman–Crippen LogP) is 2.83. The summed E-state index contributed by atoms with van der Waals surface area (Å²) in [5.74, 6) is 1.38. The average Bonchev–Trinajstić information content (AvgIpc) is 3.06. The van der Waals surface area contributed by atoms with Gasteiger partial charge < -0.3 is 20.1 Å². The monoisotopic (exact) mass is 320 g/mol. The number of ether oxygens (including phenoxy) is 2. The van der Waals surface area contributed by atoms with Gasteiger partial charge in [0.25, 0.3) is 5.91 Å². The molecule has 1 aromatic rings. The topological polar surface area (TPSA) is 64.8 Å². The number of hydrogen-bond donors (Lipinski definition) is 1. The first kappa shape index (κ1) is 17.6. The maximum absolute atomic E-state index is 12.7. The second-order valence-corrected chi connectivity index (χ2v) is 5.89. The minimum Gasteiger partial charge on any atom is -0.490 e. The van der Waals surface area contributed by atoms with Crippen LogP contribution in [0.25, 0.3) is 0 Å². The fourth-order valence-electron chi connectivity index (χ4n) is 2.81. The largest absolute Gasteiger partial charge is 0.490 e. The van der Waals surface area contributed by atoms with Crippen LogP contribution in [0.1, 0.15) is 49.9 Å². The smallest absolute Gasteiger partial charge is 0.254 e. The zero-order valence-electron chi connectivity index (χ0n) is 14.2. The number of rotatable bonds is 8. The van der Waals surface area contributed by atoms with Crippen LogP contribution in [0.4, 0.5) is 0 Å². The summed E-state index contributed by atoms with van der Waals surface area (Å²) in [4.78, 5) is 14.6. The molecule has 5 heteroatoms. The minimum atomic E-state index is 0.0290. The number of amides is 1. The lowest BCUT2D eigenvalue weighted by molar-refractivity contribution is 0.0740. The second-order valence-electron chi connectivity index (χ2n) is 5.89. The lowest BCUT2D eigenvalue weighted by Gasteiger charge is -2.24. The standard InChI is InChI=1S/C18H28N2O3/c1-3-10-22-16-8-7-14(12-17(16)23-11-4-2)18(21)20-9-5-6-15(20)13-19/h7-8,12,15H,3-6,9-11,13,19H2,1-2H3. The third kappa shape index (κ3) is 4.38. The Labute approximate surface area is 138 Å². The van der Waals surface area contributed by atoms with Gasteiger partial charge in [0.2, 0.25) is 0 Å². The first-order valence-corrected chi connectivity index (χ1v) is 8.61. The molecule has 0 spiro atoms. The van der Waals surface area contributed by atoms with Crippen LogP contribution < -0.4 is 15.2 Å². The summed E-state index contributed by atoms with van der Waals surface area (Å²) >= 11 is 0. The maximum Gasteiger partial charge on any atom is 0.254 e. The highest BCUT2D eigenvalue weighted by atomic mass is 16.5. The van der Waals surface area contributed by atoms with Crippen molar-refractivity contribution in [3.63, 3.8) is 0 Å². The van der Waals surface area contributed by atoms with E-state index in [2.05, 4.69) is 13.8 Å². The highest BCUT2D eigenvalue weighted by molar-refractivity contribution is 5.95. The van der Waals surface area contributed by atoms with Crippen LogP contribution in [0.5, 0.6) is 11.5 Å². The molecule has 1 aromatic carbocycles. The molecule has 0 bridgehead atoms. The van der Waals surface area contributed by atoms with Crippen LogP contribution in [0.15, 0.2) is 18.2 Å². The Balaban J connectivity index is 2.19. The number of carbonyl (C=O) groups excluding carboxylic acids is 1. The fourth-order valence-corrected chi connectivity index (χ4v) is 2.81. The van der Waals surface area contributed by atoms with Gasteiger partial charge in [0.1, 0.15) is 0 Å². The number of carbonyl (C=O) groups is 1. The zero-order chi connectivity index (χ0) is 16.7. The van der Waals surface area contributed by atoms with E-state index in [1.807, 2.05) is 17.0 Å². The molecule has 1 heterocycles. The summed E-state index contributed by atoms with van der Waals surface area (Å²) in [6.07, 6.45) is 3.84. The average molecular weight is 320 g/mol. The van der Waals surface area contributed by atoms with Gasteiger partial charge in [0, 0.05) is 24.7 Å². The van der Waals surface area contributed by atoms with Crippen molar-refractivity contribution < 1.29 is 14.3 Å². The Kier molecular flexibility index (Phi) is 6.71. The van der Waals surface area contributed by atoms with Crippen molar-refractivity contribution in [1.82, 2.24) is 4.90 Å². The van der Waals surface area contributed by atoms with E-state index in [1.165, 1.54) is 0 Å². The molecular weight excluding hydrogens is 292 g/mol. The molecule has 1 unspecified atom stereocenters. The first-order chi connectivity index (χ1) is 11.2. The molecule has 1 saturated heterocycles. The molecule has 2 rings (SSSR count). The third-order valence-corrected chi connectivity index (χ3v) is 4.02. The van der Waals surface area contributed by atoms with E-state index in [4.69, 9.17) is 15.2 Å². The normalized spacial score (nSPS) is 17.3. The van der Waals surface area contributed by atoms with Crippen molar-refractivity contribution in [2.45, 2.75) is 45.6 Å². The number of nitrogens with zero attached hydrogens (tertiary/aromatic N) is 1. The third-order valence-electron chi connectivity index (χ3n) is 4.02. The van der Waals surface area contributed by atoms with Crippen molar-refractivity contribution in [2.75, 3.05) is 26.3 Å². The molecule has 1 amide bonds. The van der Waals surface area contributed by atoms with Gasteiger partial charge in [-0.3, -0.25) is 4.79 Å². The Bertz CT molecular complexity index is 519. The maximum atomic E-state index is 12.7. The molecule has 0 aliphatic carbocycles. The SMILES string of the molecule is CCCOc1ccc(C(=O)N2CCCC2CN)cc1OCCC. The molecule has 128 valence electrons. The zero-order valence-corrected chi connectivity index (χ0v) is 14.2. The van der Waals surface area contributed by atoms with Crippen molar-refractivity contribution in [3.8, 4) is 11.5 Å². The van der Waals surface area contributed by atoms with Crippen LogP contribution in [-0.4, -0.2) is 43.2 Å². The van der Waals surface area contributed by atoms with Gasteiger partial charge in [0.05, 0.1) is 13.2 Å². The van der Waals surface area contributed by atoms with Crippen LogP contribution in [0.2, 0.25) is 0 Å². The summed E-state index contributed by atoms with van der Waals surface area (Å²) < 4.78 is 11.5. The Morgan fingerprint density at radius 1 is 1.22 bits per heavy atom. The first-order valence-electron chi connectivity index (χ1n) is 8.61. The fraction of sp³-hybridized carbons (Fsp3) is 0.611. The molecule has 1 aliphatic heterocycles. The number of hydrogen-bond acceptors (Lipinski definition) is 4. The molecule has 0 radical (unpaired) electrons. The quantitative estimate of drug-likeness (QED) is 0.800. The molecule has 23 heavy (non-hydrogen) atoms. The van der Waals surface area contributed by atoms with Crippen LogP contribution in [0.3, 0.4) is 0 Å². The van der Waals surface area contributed by atoms with Gasteiger partial charge in [-0.25, -0.2) is 0 Å². The highest BCUT2D eigenvalue weighted by Gasteiger charge is 2.28. The van der Waals surface area contributed by atoms with Crippen molar-refractivity contribution in [3.05, 3.63) is 23.8 Å². The van der Waals surface area contributed by atoms with Gasteiger partial charge in [-0.15, -0.1) is 0 Å². The molecule has 2 N–H and O–H groups in total. The second kappa shape index (κ2) is 8.77. The van der Waals surface area contributed by atoms with Gasteiger partial charge in [-0.05, 0) is 43.9 Å². The van der Waals surface area contributed by atoms with E-state index in [0.29, 0.717) is 36.8 Å². The number of likely N-dealkylation sites (tertiary alicyclic amines) is 1. The van der Waals surface area contributed by atoms with Crippen molar-refractivity contribution in [1.29, 1.82) is 0 Å². The molecule has 5 nitrogen and oxygen atoms in total. The number of benzene rings is 1. The Morgan fingerprint density at radius 3 is 2.57 bits per heavy atom. The summed E-state index contributed by atoms with van der Waals surface area (Å²) in [6.45, 7) is 6.65. The Morgan fingerprint density at radius 2 is 1.91 bits per heavy atom. The van der Waals surface area contributed by atoms with E-state index in [1.54, 1.807) is 6.07 Å². The summed E-state index contributed by atoms with van der Waals surface area (Å²) in [5.41, 5.74) is 6.42. The Hall–Kier alpha value is -1.75. The number of nitrogens with two attached hydrogens (primary N) is 1. The molecule has 1 aliphatic rings. The predicted molar refractivity (Wildman–Crippen MR) is 91.1 cm³/mol. The van der Waals surface area contributed by atoms with E-state index in [-0.39, 0.29) is 11.9 Å². The van der Waals surface area contributed by atoms with Crippen LogP contribution in [0, 0.1) is 0 Å². The lowest BCUT2D eigenvalue weighted by atomic mass is 10.1. The van der Waals surface area contributed by atoms with Crippen molar-refractivity contribution >= 4 is 5.91 Å². The van der Waals surface area contributed by atoms with Crippen molar-refractivity contribution in [2.24, 2.45) is 5.73 Å². The van der Waals surface area contributed by atoms with Gasteiger partial charge in [-0.2, -0.15) is 0 Å². The van der Waals surface area contributed by atoms with E-state index < -0.39 is 0 Å². The van der Waals surface area contributed by atoms with Gasteiger partial charge in [-0.1, -0.05) is 13.8 Å². The van der Waals surface area contributed by atoms with E-state index in [9.17, 15) is 4.79 Å². The molecule has 1 fully saturated rings. The van der Waals surface area contributed by atoms with Crippen LogP contribution in [-0.2, 0) is 0 Å². The summed E-state index contributed by atoms with van der Waals surface area (Å²) in [7, 11) is 0. The molecular formula is C18H28N2O3. The molecule has 1 atom stereocenters. The molecule has 0 aromatic heterocycles. The molecule has 0 saturated carbocycles. The van der Waals surface area contributed by atoms with Crippen LogP contribution >= 0.6 is 0 Å². The van der Waals surface area contributed by atoms with E-state index in [0.717, 1.165) is 32.2 Å². The van der Waals surface area contributed by atoms with Gasteiger partial charge >= 0.3 is 0 Å². The van der Waals surface area contributed by atoms with Gasteiger partial charge in [0.15, 0.2) is 11.5 Å². The lowest BCUT2D eigenvalue weighted by Crippen LogP contribution is -2.39. The highest BCUT2D eigenvalue weighted by Crippen LogP contribution is 2.30. The van der Waals surface area contributed by atoms with E-state index >= 15 is 0 Å².